The third-order valence-electron chi connectivity index (χ3n) is 2.64. The van der Waals surface area contributed by atoms with Gasteiger partial charge in [0.15, 0.2) is 5.41 Å². The van der Waals surface area contributed by atoms with Crippen LogP contribution in [0, 0.1) is 23.2 Å². The van der Waals surface area contributed by atoms with Crippen molar-refractivity contribution in [2.75, 3.05) is 14.2 Å². The average molecular weight is 278 g/mol. The maximum Gasteiger partial charge on any atom is 0.324 e. The molecule has 0 atom stereocenters. The van der Waals surface area contributed by atoms with Crippen molar-refractivity contribution in [1.29, 1.82) is 0 Å². The van der Waals surface area contributed by atoms with E-state index >= 15 is 0 Å². The second-order valence-electron chi connectivity index (χ2n) is 5.53. The fraction of sp³-hybridized carbons (Fsp3) is 0.562. The maximum atomic E-state index is 11.9. The van der Waals surface area contributed by atoms with E-state index in [0.717, 1.165) is 0 Å². The molecule has 0 aromatic heterocycles. The summed E-state index contributed by atoms with van der Waals surface area (Å²) in [6.45, 7) is 6.05. The first-order valence-electron chi connectivity index (χ1n) is 6.26. The van der Waals surface area contributed by atoms with Gasteiger partial charge in [-0.1, -0.05) is 20.8 Å². The van der Waals surface area contributed by atoms with Gasteiger partial charge in [0.25, 0.3) is 0 Å². The number of carbonyl (C=O) groups excluding carboxylic acids is 2. The Bertz CT molecular complexity index is 438. The van der Waals surface area contributed by atoms with Gasteiger partial charge in [-0.05, 0) is 17.6 Å². The van der Waals surface area contributed by atoms with Crippen LogP contribution in [0.1, 0.15) is 33.6 Å². The second-order valence-corrected chi connectivity index (χ2v) is 5.53. The van der Waals surface area contributed by atoms with E-state index in [1.54, 1.807) is 6.08 Å². The fourth-order valence-electron chi connectivity index (χ4n) is 1.57. The van der Waals surface area contributed by atoms with Crippen LogP contribution in [0.2, 0.25) is 0 Å². The van der Waals surface area contributed by atoms with E-state index in [9.17, 15) is 9.59 Å². The van der Waals surface area contributed by atoms with Crippen LogP contribution < -0.4 is 0 Å². The van der Waals surface area contributed by atoms with Crippen molar-refractivity contribution in [3.8, 4) is 12.3 Å². The molecule has 0 unspecified atom stereocenters. The number of terminal acetylenes is 1. The number of rotatable bonds is 5. The summed E-state index contributed by atoms with van der Waals surface area (Å²) in [4.78, 5) is 23.9. The van der Waals surface area contributed by atoms with Crippen LogP contribution in [0.15, 0.2) is 17.9 Å². The number of carbonyl (C=O) groups is 2. The molecule has 0 aliphatic rings. The molecule has 20 heavy (non-hydrogen) atoms. The monoisotopic (exact) mass is 278 g/mol. The smallest absolute Gasteiger partial charge is 0.324 e. The Hall–Kier alpha value is -1.98. The Morgan fingerprint density at radius 2 is 1.65 bits per heavy atom. The Morgan fingerprint density at radius 1 is 1.15 bits per heavy atom. The fourth-order valence-corrected chi connectivity index (χ4v) is 1.57. The molecule has 0 fully saturated rings. The second kappa shape index (κ2) is 7.57. The third-order valence-corrected chi connectivity index (χ3v) is 2.64. The molecule has 4 nitrogen and oxygen atoms in total. The SMILES string of the molecule is C#CCC(CC=C=CC(C)(C)C)(C(=O)OC)C(=O)OC. The number of allylic oxidation sites excluding steroid dienone is 1. The average Bonchev–Trinajstić information content (AvgIpc) is 2.39. The molecule has 0 aromatic rings. The van der Waals surface area contributed by atoms with Gasteiger partial charge in [0.05, 0.1) is 14.2 Å². The summed E-state index contributed by atoms with van der Waals surface area (Å²) in [6, 6.07) is 0. The molecule has 0 aromatic carbocycles. The molecule has 0 spiro atoms. The molecule has 0 aliphatic carbocycles. The van der Waals surface area contributed by atoms with E-state index in [0.29, 0.717) is 0 Å². The van der Waals surface area contributed by atoms with E-state index in [4.69, 9.17) is 15.9 Å². The molecule has 110 valence electrons. The minimum Gasteiger partial charge on any atom is -0.468 e. The molecule has 0 saturated carbocycles. The quantitative estimate of drug-likeness (QED) is 0.335. The highest BCUT2D eigenvalue weighted by atomic mass is 16.5. The molecular formula is C16H22O4. The van der Waals surface area contributed by atoms with Crippen LogP contribution in [-0.4, -0.2) is 26.2 Å². The lowest BCUT2D eigenvalue weighted by Crippen LogP contribution is -2.40. The van der Waals surface area contributed by atoms with Crippen molar-refractivity contribution in [2.24, 2.45) is 10.8 Å². The van der Waals surface area contributed by atoms with Gasteiger partial charge >= 0.3 is 11.9 Å². The lowest BCUT2D eigenvalue weighted by Gasteiger charge is -2.24. The van der Waals surface area contributed by atoms with Crippen molar-refractivity contribution in [3.05, 3.63) is 17.9 Å². The lowest BCUT2D eigenvalue weighted by atomic mass is 9.81. The normalized spacial score (nSPS) is 10.8. The first-order chi connectivity index (χ1) is 9.23. The van der Waals surface area contributed by atoms with E-state index in [1.165, 1.54) is 14.2 Å². The summed E-state index contributed by atoms with van der Waals surface area (Å²) >= 11 is 0. The number of ether oxygens (including phenoxy) is 2. The topological polar surface area (TPSA) is 52.6 Å². The Kier molecular flexibility index (Phi) is 6.82. The minimum absolute atomic E-state index is 0.0399. The van der Waals surface area contributed by atoms with Crippen LogP contribution in [-0.2, 0) is 19.1 Å². The summed E-state index contributed by atoms with van der Waals surface area (Å²) in [7, 11) is 2.43. The van der Waals surface area contributed by atoms with E-state index in [-0.39, 0.29) is 18.3 Å². The number of hydrogen-bond acceptors (Lipinski definition) is 4. The number of methoxy groups -OCH3 is 2. The Labute approximate surface area is 120 Å². The maximum absolute atomic E-state index is 11.9. The van der Waals surface area contributed by atoms with Crippen molar-refractivity contribution >= 4 is 11.9 Å². The predicted molar refractivity (Wildman–Crippen MR) is 76.6 cm³/mol. The predicted octanol–water partition coefficient (Wildman–Crippen LogP) is 2.49. The van der Waals surface area contributed by atoms with Crippen LogP contribution in [0.5, 0.6) is 0 Å². The zero-order valence-corrected chi connectivity index (χ0v) is 12.8. The molecular weight excluding hydrogens is 256 g/mol. The van der Waals surface area contributed by atoms with Crippen molar-refractivity contribution in [3.63, 3.8) is 0 Å². The molecule has 0 amide bonds. The zero-order chi connectivity index (χ0) is 15.8. The highest BCUT2D eigenvalue weighted by molar-refractivity contribution is 6.00. The number of hydrogen-bond donors (Lipinski definition) is 0. The summed E-state index contributed by atoms with van der Waals surface area (Å²) in [5, 5.41) is 0. The van der Waals surface area contributed by atoms with Crippen LogP contribution in [0.25, 0.3) is 0 Å². The van der Waals surface area contributed by atoms with Gasteiger partial charge in [-0.25, -0.2) is 0 Å². The van der Waals surface area contributed by atoms with E-state index < -0.39 is 17.4 Å². The third kappa shape index (κ3) is 4.95. The van der Waals surface area contributed by atoms with Gasteiger partial charge in [0, 0.05) is 12.8 Å². The number of esters is 2. The van der Waals surface area contributed by atoms with E-state index in [1.807, 2.05) is 26.8 Å². The minimum atomic E-state index is -1.50. The van der Waals surface area contributed by atoms with Gasteiger partial charge in [0.2, 0.25) is 0 Å². The molecule has 0 heterocycles. The summed E-state index contributed by atoms with van der Waals surface area (Å²) in [5.74, 6) is 0.940. The van der Waals surface area contributed by atoms with Crippen molar-refractivity contribution in [1.82, 2.24) is 0 Å². The lowest BCUT2D eigenvalue weighted by molar-refractivity contribution is -0.168. The highest BCUT2D eigenvalue weighted by Crippen LogP contribution is 2.30. The molecule has 0 radical (unpaired) electrons. The van der Waals surface area contributed by atoms with Crippen LogP contribution >= 0.6 is 0 Å². The molecule has 0 N–H and O–H groups in total. The van der Waals surface area contributed by atoms with E-state index in [2.05, 4.69) is 11.7 Å². The standard InChI is InChI=1S/C16H22O4/c1-7-10-16(13(17)19-5,14(18)20-6)12-9-8-11-15(2,3)4/h1,9,11H,10,12H2,2-6H3. The van der Waals surface area contributed by atoms with Gasteiger partial charge < -0.3 is 9.47 Å². The first-order valence-corrected chi connectivity index (χ1v) is 6.26. The largest absolute Gasteiger partial charge is 0.468 e. The van der Waals surface area contributed by atoms with Gasteiger partial charge in [-0.3, -0.25) is 9.59 Å². The Morgan fingerprint density at radius 3 is 2.00 bits per heavy atom. The highest BCUT2D eigenvalue weighted by Gasteiger charge is 2.47. The van der Waals surface area contributed by atoms with Gasteiger partial charge in [0.1, 0.15) is 0 Å². The van der Waals surface area contributed by atoms with Crippen molar-refractivity contribution < 1.29 is 19.1 Å². The summed E-state index contributed by atoms with van der Waals surface area (Å²) in [6.07, 6.45) is 8.73. The van der Waals surface area contributed by atoms with Gasteiger partial charge in [-0.15, -0.1) is 18.1 Å². The summed E-state index contributed by atoms with van der Waals surface area (Å²) < 4.78 is 9.39. The van der Waals surface area contributed by atoms with Crippen LogP contribution in [0.4, 0.5) is 0 Å². The van der Waals surface area contributed by atoms with Crippen molar-refractivity contribution in [2.45, 2.75) is 33.6 Å². The van der Waals surface area contributed by atoms with Gasteiger partial charge in [-0.2, -0.15) is 0 Å². The summed E-state index contributed by atoms with van der Waals surface area (Å²) in [5.41, 5.74) is 1.42. The molecule has 0 aliphatic heterocycles. The molecule has 0 saturated heterocycles. The molecule has 0 bridgehead atoms. The molecule has 0 rings (SSSR count). The molecule has 4 heteroatoms. The first kappa shape index (κ1) is 18.0. The zero-order valence-electron chi connectivity index (χ0n) is 12.8. The van der Waals surface area contributed by atoms with Crippen LogP contribution in [0.3, 0.4) is 0 Å². The Balaban J connectivity index is 5.43.